The zero-order valence-corrected chi connectivity index (χ0v) is 12.3. The van der Waals surface area contributed by atoms with Gasteiger partial charge in [-0.05, 0) is 18.6 Å². The Balaban J connectivity index is 2.53. The third-order valence-corrected chi connectivity index (χ3v) is 2.67. The van der Waals surface area contributed by atoms with Gasteiger partial charge < -0.3 is 24.8 Å². The highest BCUT2D eigenvalue weighted by atomic mass is 32.1. The molecule has 0 aliphatic carbocycles. The van der Waals surface area contributed by atoms with Gasteiger partial charge in [0.05, 0.1) is 14.2 Å². The van der Waals surface area contributed by atoms with Crippen LogP contribution < -0.4 is 20.1 Å². The van der Waals surface area contributed by atoms with Crippen molar-refractivity contribution < 1.29 is 14.2 Å². The molecule has 1 aromatic rings. The summed E-state index contributed by atoms with van der Waals surface area (Å²) < 4.78 is 15.3. The maximum absolute atomic E-state index is 5.20. The number of ether oxygens (including phenoxy) is 3. The van der Waals surface area contributed by atoms with Crippen molar-refractivity contribution >= 4 is 23.0 Å². The van der Waals surface area contributed by atoms with E-state index in [4.69, 9.17) is 26.4 Å². The van der Waals surface area contributed by atoms with Crippen LogP contribution in [0.4, 0.5) is 5.69 Å². The summed E-state index contributed by atoms with van der Waals surface area (Å²) in [4.78, 5) is 0. The van der Waals surface area contributed by atoms with Crippen LogP contribution in [0.5, 0.6) is 11.5 Å². The molecule has 0 radical (unpaired) electrons. The molecule has 0 amide bonds. The Morgan fingerprint density at radius 1 is 1.11 bits per heavy atom. The summed E-state index contributed by atoms with van der Waals surface area (Å²) in [5.74, 6) is 1.42. The topological polar surface area (TPSA) is 51.8 Å². The number of hydrogen-bond acceptors (Lipinski definition) is 4. The largest absolute Gasteiger partial charge is 0.497 e. The van der Waals surface area contributed by atoms with Gasteiger partial charge in [0.15, 0.2) is 5.11 Å². The second kappa shape index (κ2) is 8.55. The lowest BCUT2D eigenvalue weighted by Crippen LogP contribution is -2.29. The van der Waals surface area contributed by atoms with E-state index in [0.29, 0.717) is 23.2 Å². The number of methoxy groups -OCH3 is 3. The summed E-state index contributed by atoms with van der Waals surface area (Å²) in [5.41, 5.74) is 0.820. The van der Waals surface area contributed by atoms with Crippen LogP contribution in [0, 0.1) is 0 Å². The molecule has 0 fully saturated rings. The lowest BCUT2D eigenvalue weighted by molar-refractivity contribution is 0.196. The second-order valence-corrected chi connectivity index (χ2v) is 4.24. The summed E-state index contributed by atoms with van der Waals surface area (Å²) in [6.07, 6.45) is 0.903. The van der Waals surface area contributed by atoms with Crippen molar-refractivity contribution in [3.05, 3.63) is 18.2 Å². The minimum atomic E-state index is 0.561. The van der Waals surface area contributed by atoms with Gasteiger partial charge in [-0.1, -0.05) is 0 Å². The Kier molecular flexibility index (Phi) is 6.99. The Morgan fingerprint density at radius 2 is 1.74 bits per heavy atom. The molecule has 0 atom stereocenters. The normalized spacial score (nSPS) is 9.84. The zero-order valence-electron chi connectivity index (χ0n) is 11.5. The van der Waals surface area contributed by atoms with Crippen LogP contribution in [0.2, 0.25) is 0 Å². The van der Waals surface area contributed by atoms with Crippen molar-refractivity contribution in [2.75, 3.05) is 39.8 Å². The van der Waals surface area contributed by atoms with E-state index in [2.05, 4.69) is 10.6 Å². The van der Waals surface area contributed by atoms with Crippen molar-refractivity contribution in [2.24, 2.45) is 0 Å². The molecule has 0 saturated carbocycles. The van der Waals surface area contributed by atoms with Gasteiger partial charge in [-0.2, -0.15) is 0 Å². The molecule has 0 saturated heterocycles. The summed E-state index contributed by atoms with van der Waals surface area (Å²) in [6, 6.07) is 5.51. The Labute approximate surface area is 119 Å². The molecule has 1 aromatic carbocycles. The lowest BCUT2D eigenvalue weighted by atomic mass is 10.3. The second-order valence-electron chi connectivity index (χ2n) is 3.83. The van der Waals surface area contributed by atoms with Gasteiger partial charge in [0.2, 0.25) is 0 Å². The summed E-state index contributed by atoms with van der Waals surface area (Å²) in [5, 5.41) is 6.75. The van der Waals surface area contributed by atoms with Gasteiger partial charge >= 0.3 is 0 Å². The molecule has 0 bridgehead atoms. The number of rotatable bonds is 7. The van der Waals surface area contributed by atoms with Crippen molar-refractivity contribution in [1.29, 1.82) is 0 Å². The van der Waals surface area contributed by atoms with Crippen LogP contribution >= 0.6 is 12.2 Å². The van der Waals surface area contributed by atoms with Crippen molar-refractivity contribution in [3.63, 3.8) is 0 Å². The zero-order chi connectivity index (χ0) is 14.1. The van der Waals surface area contributed by atoms with Gasteiger partial charge in [0.25, 0.3) is 0 Å². The van der Waals surface area contributed by atoms with Crippen LogP contribution in [0.15, 0.2) is 18.2 Å². The molecule has 2 N–H and O–H groups in total. The Morgan fingerprint density at radius 3 is 2.26 bits per heavy atom. The molecule has 0 heterocycles. The number of hydrogen-bond donors (Lipinski definition) is 2. The van der Waals surface area contributed by atoms with Gasteiger partial charge in [0.1, 0.15) is 11.5 Å². The average Bonchev–Trinajstić information content (AvgIpc) is 2.43. The number of anilines is 1. The first-order chi connectivity index (χ1) is 9.19. The molecule has 0 aliphatic heterocycles. The van der Waals surface area contributed by atoms with E-state index in [9.17, 15) is 0 Å². The highest BCUT2D eigenvalue weighted by molar-refractivity contribution is 7.80. The van der Waals surface area contributed by atoms with E-state index in [1.165, 1.54) is 0 Å². The van der Waals surface area contributed by atoms with Crippen LogP contribution in [-0.4, -0.2) is 39.6 Å². The highest BCUT2D eigenvalue weighted by Gasteiger charge is 2.03. The molecular weight excluding hydrogens is 264 g/mol. The molecule has 0 aromatic heterocycles. The van der Waals surface area contributed by atoms with Crippen LogP contribution in [0.3, 0.4) is 0 Å². The highest BCUT2D eigenvalue weighted by Crippen LogP contribution is 2.25. The van der Waals surface area contributed by atoms with E-state index in [-0.39, 0.29) is 0 Å². The first-order valence-electron chi connectivity index (χ1n) is 5.96. The first-order valence-corrected chi connectivity index (χ1v) is 6.37. The van der Waals surface area contributed by atoms with E-state index in [0.717, 1.165) is 18.7 Å². The predicted octanol–water partition coefficient (Wildman–Crippen LogP) is 2.03. The summed E-state index contributed by atoms with van der Waals surface area (Å²) in [6.45, 7) is 1.48. The van der Waals surface area contributed by atoms with Crippen LogP contribution in [-0.2, 0) is 4.74 Å². The third-order valence-electron chi connectivity index (χ3n) is 2.42. The quantitative estimate of drug-likeness (QED) is 0.590. The van der Waals surface area contributed by atoms with Crippen molar-refractivity contribution in [3.8, 4) is 11.5 Å². The Hall–Kier alpha value is -1.53. The van der Waals surface area contributed by atoms with E-state index in [1.54, 1.807) is 27.4 Å². The first kappa shape index (κ1) is 15.5. The molecule has 0 unspecified atom stereocenters. The van der Waals surface area contributed by atoms with Crippen LogP contribution in [0.1, 0.15) is 6.42 Å². The lowest BCUT2D eigenvalue weighted by Gasteiger charge is -2.12. The maximum atomic E-state index is 5.20. The smallest absolute Gasteiger partial charge is 0.170 e. The van der Waals surface area contributed by atoms with E-state index >= 15 is 0 Å². The summed E-state index contributed by atoms with van der Waals surface area (Å²) >= 11 is 5.20. The monoisotopic (exact) mass is 284 g/mol. The third kappa shape index (κ3) is 5.76. The van der Waals surface area contributed by atoms with Crippen LogP contribution in [0.25, 0.3) is 0 Å². The van der Waals surface area contributed by atoms with Gasteiger partial charge in [0, 0.05) is 44.1 Å². The predicted molar refractivity (Wildman–Crippen MR) is 80.3 cm³/mol. The molecule has 0 spiro atoms. The molecule has 19 heavy (non-hydrogen) atoms. The molecule has 6 heteroatoms. The van der Waals surface area contributed by atoms with Gasteiger partial charge in [-0.3, -0.25) is 0 Å². The van der Waals surface area contributed by atoms with Crippen molar-refractivity contribution in [2.45, 2.75) is 6.42 Å². The minimum absolute atomic E-state index is 0.561. The van der Waals surface area contributed by atoms with E-state index < -0.39 is 0 Å². The average molecular weight is 284 g/mol. The maximum Gasteiger partial charge on any atom is 0.170 e. The fourth-order valence-electron chi connectivity index (χ4n) is 1.47. The number of nitrogens with one attached hydrogen (secondary N) is 2. The molecule has 106 valence electrons. The fraction of sp³-hybridized carbons (Fsp3) is 0.462. The SMILES string of the molecule is COCCCNC(=S)Nc1cc(OC)cc(OC)c1. The summed E-state index contributed by atoms with van der Waals surface area (Å²) in [7, 11) is 4.90. The molecular formula is C13H20N2O3S. The Bertz CT molecular complexity index is 391. The van der Waals surface area contributed by atoms with E-state index in [1.807, 2.05) is 12.1 Å². The number of benzene rings is 1. The fourth-order valence-corrected chi connectivity index (χ4v) is 1.69. The molecule has 0 aliphatic rings. The van der Waals surface area contributed by atoms with Gasteiger partial charge in [-0.25, -0.2) is 0 Å². The van der Waals surface area contributed by atoms with Crippen molar-refractivity contribution in [1.82, 2.24) is 5.32 Å². The molecule has 5 nitrogen and oxygen atoms in total. The number of thiocarbonyl (C=S) groups is 1. The standard InChI is InChI=1S/C13H20N2O3S/c1-16-6-4-5-14-13(19)15-10-7-11(17-2)9-12(8-10)18-3/h7-9H,4-6H2,1-3H3,(H2,14,15,19). The minimum Gasteiger partial charge on any atom is -0.497 e. The van der Waals surface area contributed by atoms with Gasteiger partial charge in [-0.15, -0.1) is 0 Å². The molecule has 1 rings (SSSR count).